The van der Waals surface area contributed by atoms with Crippen LogP contribution in [0.4, 0.5) is 0 Å². The van der Waals surface area contributed by atoms with E-state index in [1.54, 1.807) is 12.1 Å². The number of aliphatic hydroxyl groups excluding tert-OH is 1. The van der Waals surface area contributed by atoms with Crippen molar-refractivity contribution in [3.63, 3.8) is 0 Å². The highest BCUT2D eigenvalue weighted by molar-refractivity contribution is 6.28. The summed E-state index contributed by atoms with van der Waals surface area (Å²) in [7, 11) is 0. The molecule has 1 saturated heterocycles. The Kier molecular flexibility index (Phi) is 2.58. The van der Waals surface area contributed by atoms with Gasteiger partial charge in [-0.3, -0.25) is 0 Å². The number of rotatable bonds is 2. The molecule has 2 rings (SSSR count). The van der Waals surface area contributed by atoms with Gasteiger partial charge in [-0.05, 0) is 30.2 Å². The Morgan fingerprint density at radius 2 is 2.38 bits per heavy atom. The van der Waals surface area contributed by atoms with Crippen LogP contribution < -0.4 is 0 Å². The van der Waals surface area contributed by atoms with Crippen LogP contribution in [-0.2, 0) is 4.74 Å². The number of furan rings is 1. The summed E-state index contributed by atoms with van der Waals surface area (Å²) in [5.74, 6) is 0.669. The van der Waals surface area contributed by atoms with Crippen LogP contribution in [0.1, 0.15) is 18.3 Å². The minimum Gasteiger partial charge on any atom is -0.447 e. The predicted octanol–water partition coefficient (Wildman–Crippen LogP) is 2.00. The molecule has 0 radical (unpaired) electrons. The zero-order chi connectivity index (χ0) is 9.26. The standard InChI is InChI=1S/C9H11ClO3/c10-8-2-1-7(13-8)9(11)6-3-4-12-5-6/h1-2,6,9,11H,3-5H2. The Morgan fingerprint density at radius 1 is 1.54 bits per heavy atom. The first-order valence-corrected chi connectivity index (χ1v) is 4.66. The Hall–Kier alpha value is -0.510. The summed E-state index contributed by atoms with van der Waals surface area (Å²) >= 11 is 5.60. The fourth-order valence-corrected chi connectivity index (χ4v) is 1.67. The van der Waals surface area contributed by atoms with Crippen molar-refractivity contribution in [1.82, 2.24) is 0 Å². The van der Waals surface area contributed by atoms with Crippen molar-refractivity contribution in [2.45, 2.75) is 12.5 Å². The van der Waals surface area contributed by atoms with Crippen molar-refractivity contribution < 1.29 is 14.3 Å². The van der Waals surface area contributed by atoms with Crippen molar-refractivity contribution in [3.8, 4) is 0 Å². The van der Waals surface area contributed by atoms with Gasteiger partial charge in [0.1, 0.15) is 11.9 Å². The molecule has 0 spiro atoms. The minimum absolute atomic E-state index is 0.141. The van der Waals surface area contributed by atoms with Gasteiger partial charge in [-0.25, -0.2) is 0 Å². The van der Waals surface area contributed by atoms with Crippen molar-refractivity contribution in [2.75, 3.05) is 13.2 Å². The largest absolute Gasteiger partial charge is 0.447 e. The second kappa shape index (κ2) is 3.70. The average molecular weight is 203 g/mol. The maximum atomic E-state index is 9.80. The van der Waals surface area contributed by atoms with Crippen molar-refractivity contribution in [1.29, 1.82) is 0 Å². The molecule has 3 nitrogen and oxygen atoms in total. The third kappa shape index (κ3) is 1.88. The Morgan fingerprint density at radius 3 is 2.92 bits per heavy atom. The third-order valence-corrected chi connectivity index (χ3v) is 2.50. The number of hydrogen-bond donors (Lipinski definition) is 1. The van der Waals surface area contributed by atoms with Crippen LogP contribution in [0.3, 0.4) is 0 Å². The van der Waals surface area contributed by atoms with Crippen LogP contribution in [0.15, 0.2) is 16.5 Å². The molecule has 2 heterocycles. The van der Waals surface area contributed by atoms with E-state index < -0.39 is 6.10 Å². The van der Waals surface area contributed by atoms with Gasteiger partial charge in [0, 0.05) is 12.5 Å². The van der Waals surface area contributed by atoms with Gasteiger partial charge in [0.05, 0.1) is 6.61 Å². The minimum atomic E-state index is -0.588. The van der Waals surface area contributed by atoms with E-state index in [2.05, 4.69) is 0 Å². The molecule has 0 saturated carbocycles. The molecular weight excluding hydrogens is 192 g/mol. The highest BCUT2D eigenvalue weighted by Gasteiger charge is 2.27. The summed E-state index contributed by atoms with van der Waals surface area (Å²) in [5.41, 5.74) is 0. The first kappa shape index (κ1) is 9.06. The van der Waals surface area contributed by atoms with Crippen LogP contribution >= 0.6 is 11.6 Å². The molecule has 0 amide bonds. The molecule has 1 aliphatic rings. The topological polar surface area (TPSA) is 42.6 Å². The quantitative estimate of drug-likeness (QED) is 0.798. The lowest BCUT2D eigenvalue weighted by atomic mass is 10.0. The number of aliphatic hydroxyl groups is 1. The average Bonchev–Trinajstić information content (AvgIpc) is 2.72. The summed E-state index contributed by atoms with van der Waals surface area (Å²) in [6.07, 6.45) is 0.287. The van der Waals surface area contributed by atoms with E-state index in [-0.39, 0.29) is 5.92 Å². The second-order valence-electron chi connectivity index (χ2n) is 3.21. The molecule has 2 atom stereocenters. The second-order valence-corrected chi connectivity index (χ2v) is 3.58. The van der Waals surface area contributed by atoms with E-state index in [9.17, 15) is 5.11 Å². The smallest absolute Gasteiger partial charge is 0.193 e. The van der Waals surface area contributed by atoms with E-state index in [0.717, 1.165) is 13.0 Å². The monoisotopic (exact) mass is 202 g/mol. The molecule has 13 heavy (non-hydrogen) atoms. The third-order valence-electron chi connectivity index (χ3n) is 2.30. The molecule has 4 heteroatoms. The number of ether oxygens (including phenoxy) is 1. The van der Waals surface area contributed by atoms with Gasteiger partial charge in [0.25, 0.3) is 0 Å². The first-order chi connectivity index (χ1) is 6.27. The summed E-state index contributed by atoms with van der Waals surface area (Å²) in [5, 5.41) is 10.1. The molecule has 1 aliphatic heterocycles. The van der Waals surface area contributed by atoms with Gasteiger partial charge >= 0.3 is 0 Å². The van der Waals surface area contributed by atoms with E-state index in [1.165, 1.54) is 0 Å². The van der Waals surface area contributed by atoms with Gasteiger partial charge in [-0.2, -0.15) is 0 Å². The number of halogens is 1. The highest BCUT2D eigenvalue weighted by atomic mass is 35.5. The van der Waals surface area contributed by atoms with E-state index in [4.69, 9.17) is 20.8 Å². The fraction of sp³-hybridized carbons (Fsp3) is 0.556. The van der Waals surface area contributed by atoms with E-state index >= 15 is 0 Å². The lowest BCUT2D eigenvalue weighted by molar-refractivity contribution is 0.0740. The molecule has 0 bridgehead atoms. The molecule has 1 N–H and O–H groups in total. The fourth-order valence-electron chi connectivity index (χ4n) is 1.52. The van der Waals surface area contributed by atoms with Gasteiger partial charge in [-0.15, -0.1) is 0 Å². The van der Waals surface area contributed by atoms with Crippen LogP contribution in [0.2, 0.25) is 5.22 Å². The molecular formula is C9H11ClO3. The number of hydrogen-bond acceptors (Lipinski definition) is 3. The molecule has 2 unspecified atom stereocenters. The summed E-state index contributed by atoms with van der Waals surface area (Å²) in [6, 6.07) is 3.33. The van der Waals surface area contributed by atoms with Crippen molar-refractivity contribution in [2.24, 2.45) is 5.92 Å². The molecule has 1 aromatic heterocycles. The summed E-state index contributed by atoms with van der Waals surface area (Å²) in [4.78, 5) is 0. The Labute approximate surface area is 81.3 Å². The SMILES string of the molecule is OC(c1ccc(Cl)o1)C1CCOC1. The van der Waals surface area contributed by atoms with Crippen LogP contribution in [0, 0.1) is 5.92 Å². The maximum absolute atomic E-state index is 9.80. The van der Waals surface area contributed by atoms with E-state index in [0.29, 0.717) is 17.6 Å². The van der Waals surface area contributed by atoms with Gasteiger partial charge in [-0.1, -0.05) is 0 Å². The van der Waals surface area contributed by atoms with E-state index in [1.807, 2.05) is 0 Å². The van der Waals surface area contributed by atoms with Crippen molar-refractivity contribution in [3.05, 3.63) is 23.1 Å². The summed E-state index contributed by atoms with van der Waals surface area (Å²) < 4.78 is 10.3. The van der Waals surface area contributed by atoms with Gasteiger partial charge < -0.3 is 14.3 Å². The predicted molar refractivity (Wildman–Crippen MR) is 47.6 cm³/mol. The zero-order valence-electron chi connectivity index (χ0n) is 7.07. The van der Waals surface area contributed by atoms with Crippen LogP contribution in [0.25, 0.3) is 0 Å². The van der Waals surface area contributed by atoms with Gasteiger partial charge in [0.15, 0.2) is 5.22 Å². The van der Waals surface area contributed by atoms with Crippen LogP contribution in [-0.4, -0.2) is 18.3 Å². The normalized spacial score (nSPS) is 24.9. The Balaban J connectivity index is 2.07. The molecule has 0 aromatic carbocycles. The van der Waals surface area contributed by atoms with Crippen LogP contribution in [0.5, 0.6) is 0 Å². The molecule has 1 aromatic rings. The maximum Gasteiger partial charge on any atom is 0.193 e. The Bertz CT molecular complexity index is 278. The lowest BCUT2D eigenvalue weighted by Crippen LogP contribution is -2.11. The molecule has 72 valence electrons. The highest BCUT2D eigenvalue weighted by Crippen LogP contribution is 2.30. The zero-order valence-corrected chi connectivity index (χ0v) is 7.83. The molecule has 0 aliphatic carbocycles. The van der Waals surface area contributed by atoms with Crippen molar-refractivity contribution >= 4 is 11.6 Å². The molecule has 1 fully saturated rings. The lowest BCUT2D eigenvalue weighted by Gasteiger charge is -2.12. The van der Waals surface area contributed by atoms with Gasteiger partial charge in [0.2, 0.25) is 0 Å². The first-order valence-electron chi connectivity index (χ1n) is 4.28. The summed E-state index contributed by atoms with van der Waals surface area (Å²) in [6.45, 7) is 1.32.